The molecular weight excluding hydrogens is 370 g/mol. The van der Waals surface area contributed by atoms with Gasteiger partial charge in [-0.05, 0) is 30.3 Å². The number of hydrogen-bond acceptors (Lipinski definition) is 4. The van der Waals surface area contributed by atoms with E-state index in [1.54, 1.807) is 36.2 Å². The third-order valence-electron chi connectivity index (χ3n) is 3.29. The van der Waals surface area contributed by atoms with Crippen LogP contribution in [0.5, 0.6) is 0 Å². The lowest BCUT2D eigenvalue weighted by molar-refractivity contribution is -0.113. The fourth-order valence-corrected chi connectivity index (χ4v) is 2.93. The van der Waals surface area contributed by atoms with Crippen LogP contribution in [-0.4, -0.2) is 27.3 Å². The Hall–Kier alpha value is -2.05. The van der Waals surface area contributed by atoms with Gasteiger partial charge in [0.1, 0.15) is 0 Å². The number of halogens is 1. The summed E-state index contributed by atoms with van der Waals surface area (Å²) in [7, 11) is 0. The molecule has 138 valence electrons. The Morgan fingerprint density at radius 2 is 1.96 bits per heavy atom. The van der Waals surface area contributed by atoms with Crippen LogP contribution in [0.1, 0.15) is 36.8 Å². The highest BCUT2D eigenvalue weighted by atomic mass is 35.5. The van der Waals surface area contributed by atoms with Crippen molar-refractivity contribution in [3.63, 3.8) is 0 Å². The summed E-state index contributed by atoms with van der Waals surface area (Å²) in [5.41, 5.74) is 1.68. The zero-order valence-electron chi connectivity index (χ0n) is 15.0. The number of nitrogens with zero attached hydrogens (tertiary/aromatic N) is 1. The van der Waals surface area contributed by atoms with E-state index in [0.29, 0.717) is 23.5 Å². The summed E-state index contributed by atoms with van der Waals surface area (Å²) in [4.78, 5) is 28.4. The summed E-state index contributed by atoms with van der Waals surface area (Å²) in [6.07, 6.45) is 1.67. The second-order valence-electron chi connectivity index (χ2n) is 6.65. The van der Waals surface area contributed by atoms with E-state index in [-0.39, 0.29) is 21.6 Å². The van der Waals surface area contributed by atoms with Gasteiger partial charge in [0.25, 0.3) is 5.91 Å². The first-order valence-electron chi connectivity index (χ1n) is 8.16. The Morgan fingerprint density at radius 1 is 1.19 bits per heavy atom. The Kier molecular flexibility index (Phi) is 7.06. The maximum Gasteiger partial charge on any atom is 0.253 e. The van der Waals surface area contributed by atoms with Crippen molar-refractivity contribution in [3.05, 3.63) is 58.9 Å². The van der Waals surface area contributed by atoms with Crippen molar-refractivity contribution in [2.75, 3.05) is 11.1 Å². The van der Waals surface area contributed by atoms with Crippen molar-refractivity contribution in [3.8, 4) is 0 Å². The summed E-state index contributed by atoms with van der Waals surface area (Å²) in [6.45, 7) is 6.49. The lowest BCUT2D eigenvalue weighted by Crippen LogP contribution is -2.23. The molecule has 0 bridgehead atoms. The van der Waals surface area contributed by atoms with E-state index in [1.165, 1.54) is 0 Å². The Bertz CT molecular complexity index is 776. The summed E-state index contributed by atoms with van der Waals surface area (Å²) >= 11 is 7.77. The Balaban J connectivity index is 1.93. The van der Waals surface area contributed by atoms with Gasteiger partial charge in [-0.15, -0.1) is 11.8 Å². The minimum absolute atomic E-state index is 0.0184. The molecule has 0 aliphatic rings. The third kappa shape index (κ3) is 6.69. The summed E-state index contributed by atoms with van der Waals surface area (Å²) in [5, 5.41) is 5.85. The van der Waals surface area contributed by atoms with Crippen molar-refractivity contribution >= 4 is 40.9 Å². The molecule has 0 aliphatic heterocycles. The quantitative estimate of drug-likeness (QED) is 0.776. The predicted molar refractivity (Wildman–Crippen MR) is 108 cm³/mol. The molecule has 7 heteroatoms. The van der Waals surface area contributed by atoms with Gasteiger partial charge in [-0.3, -0.25) is 14.6 Å². The van der Waals surface area contributed by atoms with E-state index >= 15 is 0 Å². The second kappa shape index (κ2) is 9.05. The van der Waals surface area contributed by atoms with Crippen LogP contribution in [0, 0.1) is 0 Å². The number of thioether (sulfide) groups is 1. The van der Waals surface area contributed by atoms with Gasteiger partial charge in [-0.1, -0.05) is 38.4 Å². The zero-order valence-corrected chi connectivity index (χ0v) is 16.6. The molecule has 0 unspecified atom stereocenters. The van der Waals surface area contributed by atoms with Crippen LogP contribution in [0.3, 0.4) is 0 Å². The number of amides is 2. The zero-order chi connectivity index (χ0) is 19.2. The second-order valence-corrected chi connectivity index (χ2v) is 8.86. The summed E-state index contributed by atoms with van der Waals surface area (Å²) in [6, 6.07) is 10.4. The summed E-state index contributed by atoms with van der Waals surface area (Å²) < 4.78 is 0.0184. The van der Waals surface area contributed by atoms with Crippen molar-refractivity contribution in [2.24, 2.45) is 0 Å². The number of carbonyl (C=O) groups excluding carboxylic acids is 2. The lowest BCUT2D eigenvalue weighted by Gasteiger charge is -2.17. The lowest BCUT2D eigenvalue weighted by atomic mass is 10.2. The van der Waals surface area contributed by atoms with Crippen LogP contribution < -0.4 is 10.6 Å². The Labute approximate surface area is 162 Å². The van der Waals surface area contributed by atoms with Crippen LogP contribution in [0.15, 0.2) is 42.6 Å². The average molecular weight is 392 g/mol. The smallest absolute Gasteiger partial charge is 0.253 e. The first-order chi connectivity index (χ1) is 12.2. The molecule has 2 rings (SSSR count). The van der Waals surface area contributed by atoms with Gasteiger partial charge in [0.15, 0.2) is 0 Å². The van der Waals surface area contributed by atoms with Gasteiger partial charge in [0.05, 0.1) is 28.6 Å². The monoisotopic (exact) mass is 391 g/mol. The van der Waals surface area contributed by atoms with Gasteiger partial charge in [0.2, 0.25) is 5.91 Å². The highest BCUT2D eigenvalue weighted by Crippen LogP contribution is 2.24. The molecule has 1 heterocycles. The van der Waals surface area contributed by atoms with Gasteiger partial charge < -0.3 is 10.6 Å². The third-order valence-corrected chi connectivity index (χ3v) is 4.88. The van der Waals surface area contributed by atoms with Crippen LogP contribution in [0.2, 0.25) is 5.02 Å². The van der Waals surface area contributed by atoms with E-state index in [4.69, 9.17) is 11.6 Å². The molecule has 2 amide bonds. The fraction of sp³-hybridized carbons (Fsp3) is 0.316. The molecule has 0 fully saturated rings. The number of nitrogens with one attached hydrogen (secondary N) is 2. The van der Waals surface area contributed by atoms with E-state index < -0.39 is 0 Å². The van der Waals surface area contributed by atoms with Crippen LogP contribution >= 0.6 is 23.4 Å². The number of aromatic nitrogens is 1. The number of pyridine rings is 1. The number of anilines is 1. The molecule has 0 spiro atoms. The maximum atomic E-state index is 12.3. The van der Waals surface area contributed by atoms with Gasteiger partial charge in [0, 0.05) is 16.6 Å². The molecule has 0 saturated heterocycles. The molecule has 0 aliphatic carbocycles. The van der Waals surface area contributed by atoms with Crippen LogP contribution in [0.4, 0.5) is 5.69 Å². The van der Waals surface area contributed by atoms with E-state index in [0.717, 1.165) is 5.69 Å². The minimum atomic E-state index is -0.290. The van der Waals surface area contributed by atoms with Crippen molar-refractivity contribution in [2.45, 2.75) is 32.1 Å². The van der Waals surface area contributed by atoms with Gasteiger partial charge in [-0.25, -0.2) is 0 Å². The molecule has 0 saturated carbocycles. The highest BCUT2D eigenvalue weighted by molar-refractivity contribution is 8.01. The SMILES string of the molecule is CC(C)(C)SCC(=O)Nc1ccc(C(=O)NCc2ccccn2)c(Cl)c1. The van der Waals surface area contributed by atoms with Crippen LogP contribution in [-0.2, 0) is 11.3 Å². The largest absolute Gasteiger partial charge is 0.346 e. The number of carbonyl (C=O) groups is 2. The topological polar surface area (TPSA) is 71.1 Å². The molecule has 5 nitrogen and oxygen atoms in total. The normalized spacial score (nSPS) is 11.1. The van der Waals surface area contributed by atoms with Gasteiger partial charge >= 0.3 is 0 Å². The number of rotatable bonds is 6. The molecule has 26 heavy (non-hydrogen) atoms. The molecule has 0 radical (unpaired) electrons. The van der Waals surface area contributed by atoms with Gasteiger partial charge in [-0.2, -0.15) is 0 Å². The standard InChI is InChI=1S/C19H22ClN3O2S/c1-19(2,3)26-12-17(24)23-13-7-8-15(16(20)10-13)18(25)22-11-14-6-4-5-9-21-14/h4-10H,11-12H2,1-3H3,(H,22,25)(H,23,24). The predicted octanol–water partition coefficient (Wildman–Crippen LogP) is 4.14. The van der Waals surface area contributed by atoms with E-state index in [9.17, 15) is 9.59 Å². The number of hydrogen-bond donors (Lipinski definition) is 2. The molecule has 2 aromatic rings. The molecule has 2 N–H and O–H groups in total. The minimum Gasteiger partial charge on any atom is -0.346 e. The first-order valence-corrected chi connectivity index (χ1v) is 9.52. The molecular formula is C19H22ClN3O2S. The van der Waals surface area contributed by atoms with Crippen LogP contribution in [0.25, 0.3) is 0 Å². The molecule has 0 atom stereocenters. The van der Waals surface area contributed by atoms with Crippen molar-refractivity contribution in [1.29, 1.82) is 0 Å². The summed E-state index contributed by atoms with van der Waals surface area (Å²) in [5.74, 6) is -0.0388. The fourth-order valence-electron chi connectivity index (χ4n) is 2.02. The maximum absolute atomic E-state index is 12.3. The van der Waals surface area contributed by atoms with Crippen molar-refractivity contribution in [1.82, 2.24) is 10.3 Å². The first kappa shape index (κ1) is 20.3. The highest BCUT2D eigenvalue weighted by Gasteiger charge is 2.15. The molecule has 1 aromatic carbocycles. The average Bonchev–Trinajstić information content (AvgIpc) is 2.58. The van der Waals surface area contributed by atoms with E-state index in [1.807, 2.05) is 18.2 Å². The van der Waals surface area contributed by atoms with Crippen molar-refractivity contribution < 1.29 is 9.59 Å². The Morgan fingerprint density at radius 3 is 2.58 bits per heavy atom. The van der Waals surface area contributed by atoms with E-state index in [2.05, 4.69) is 36.4 Å². The number of benzene rings is 1. The molecule has 1 aromatic heterocycles.